The van der Waals surface area contributed by atoms with E-state index >= 15 is 0 Å². The molecule has 21 heavy (non-hydrogen) atoms. The van der Waals surface area contributed by atoms with E-state index in [-0.39, 0.29) is 12.7 Å². The predicted octanol–water partition coefficient (Wildman–Crippen LogP) is 3.21. The summed E-state index contributed by atoms with van der Waals surface area (Å²) in [6.07, 6.45) is 0. The molecular weight excluding hydrogens is 292 g/mol. The first kappa shape index (κ1) is 13.6. The largest absolute Gasteiger partial charge is 0.454 e. The summed E-state index contributed by atoms with van der Waals surface area (Å²) in [4.78, 5) is 12.3. The Morgan fingerprint density at radius 1 is 1.29 bits per heavy atom. The van der Waals surface area contributed by atoms with Gasteiger partial charge in [0.1, 0.15) is 0 Å². The molecule has 0 bridgehead atoms. The Morgan fingerprint density at radius 3 is 2.76 bits per heavy atom. The van der Waals surface area contributed by atoms with Crippen molar-refractivity contribution in [1.82, 2.24) is 0 Å². The number of fused-ring (bicyclic) bond motifs is 1. The average molecular weight is 305 g/mol. The molecule has 2 aromatic rings. The van der Waals surface area contributed by atoms with Gasteiger partial charge in [0.25, 0.3) is 5.91 Å². The van der Waals surface area contributed by atoms with Crippen molar-refractivity contribution in [3.8, 4) is 11.5 Å². The van der Waals surface area contributed by atoms with Gasteiger partial charge in [0.05, 0.1) is 11.4 Å². The molecule has 108 valence electrons. The van der Waals surface area contributed by atoms with Crippen molar-refractivity contribution < 1.29 is 14.3 Å². The zero-order valence-corrected chi connectivity index (χ0v) is 12.0. The number of carbonyl (C=O) groups is 1. The van der Waals surface area contributed by atoms with Crippen molar-refractivity contribution in [2.75, 3.05) is 17.8 Å². The van der Waals surface area contributed by atoms with Gasteiger partial charge in [-0.15, -0.1) is 0 Å². The lowest BCUT2D eigenvalue weighted by Crippen LogP contribution is -2.14. The van der Waals surface area contributed by atoms with Crippen LogP contribution in [0.3, 0.4) is 0 Å². The number of nitrogens with two attached hydrogens (primary N) is 1. The standard InChI is InChI=1S/C15H13ClN2O3/c1-8-9(3-2-4-10(8)16)15(19)18-12-6-14-13(5-11(12)17)20-7-21-14/h2-6H,7,17H2,1H3,(H,18,19). The average Bonchev–Trinajstić information content (AvgIpc) is 2.89. The van der Waals surface area contributed by atoms with Crippen LogP contribution in [0, 0.1) is 6.92 Å². The number of nitrogens with one attached hydrogen (secondary N) is 1. The highest BCUT2D eigenvalue weighted by Gasteiger charge is 2.18. The SMILES string of the molecule is Cc1c(Cl)cccc1C(=O)Nc1cc2c(cc1N)OCO2. The maximum Gasteiger partial charge on any atom is 0.256 e. The van der Waals surface area contributed by atoms with Gasteiger partial charge in [-0.25, -0.2) is 0 Å². The van der Waals surface area contributed by atoms with Crippen LogP contribution >= 0.6 is 11.6 Å². The molecule has 0 aromatic heterocycles. The van der Waals surface area contributed by atoms with E-state index in [9.17, 15) is 4.79 Å². The Morgan fingerprint density at radius 2 is 2.00 bits per heavy atom. The summed E-state index contributed by atoms with van der Waals surface area (Å²) >= 11 is 6.03. The number of rotatable bonds is 2. The number of halogens is 1. The van der Waals surface area contributed by atoms with Crippen LogP contribution in [0.25, 0.3) is 0 Å². The molecule has 0 saturated carbocycles. The molecule has 0 unspecified atom stereocenters. The molecule has 3 N–H and O–H groups in total. The van der Waals surface area contributed by atoms with Gasteiger partial charge in [0.2, 0.25) is 6.79 Å². The highest BCUT2D eigenvalue weighted by Crippen LogP contribution is 2.38. The second-order valence-corrected chi connectivity index (χ2v) is 5.07. The summed E-state index contributed by atoms with van der Waals surface area (Å²) < 4.78 is 10.5. The van der Waals surface area contributed by atoms with Gasteiger partial charge in [0.15, 0.2) is 11.5 Å². The fourth-order valence-electron chi connectivity index (χ4n) is 2.11. The molecule has 0 fully saturated rings. The zero-order valence-electron chi connectivity index (χ0n) is 11.3. The van der Waals surface area contributed by atoms with E-state index in [0.29, 0.717) is 33.5 Å². The molecule has 2 aromatic carbocycles. The normalized spacial score (nSPS) is 12.3. The summed E-state index contributed by atoms with van der Waals surface area (Å²) in [6, 6.07) is 8.45. The second-order valence-electron chi connectivity index (χ2n) is 4.66. The molecule has 0 saturated heterocycles. The maximum atomic E-state index is 12.3. The summed E-state index contributed by atoms with van der Waals surface area (Å²) in [7, 11) is 0. The molecule has 0 spiro atoms. The van der Waals surface area contributed by atoms with Gasteiger partial charge in [0, 0.05) is 22.7 Å². The molecule has 0 atom stereocenters. The van der Waals surface area contributed by atoms with Gasteiger partial charge in [-0.2, -0.15) is 0 Å². The van der Waals surface area contributed by atoms with E-state index in [1.54, 1.807) is 37.3 Å². The third kappa shape index (κ3) is 2.48. The van der Waals surface area contributed by atoms with Gasteiger partial charge in [-0.05, 0) is 24.6 Å². The summed E-state index contributed by atoms with van der Waals surface area (Å²) in [6.45, 7) is 1.94. The van der Waals surface area contributed by atoms with Crippen LogP contribution in [-0.2, 0) is 0 Å². The third-order valence-electron chi connectivity index (χ3n) is 3.31. The Kier molecular flexibility index (Phi) is 3.35. The first-order valence-corrected chi connectivity index (χ1v) is 6.69. The number of ether oxygens (including phenoxy) is 2. The molecule has 1 aliphatic heterocycles. The monoisotopic (exact) mass is 304 g/mol. The highest BCUT2D eigenvalue weighted by atomic mass is 35.5. The quantitative estimate of drug-likeness (QED) is 0.836. The number of anilines is 2. The Bertz CT molecular complexity index is 731. The number of hydrogen-bond donors (Lipinski definition) is 2. The lowest BCUT2D eigenvalue weighted by molar-refractivity contribution is 0.102. The van der Waals surface area contributed by atoms with E-state index in [0.717, 1.165) is 5.56 Å². The van der Waals surface area contributed by atoms with Gasteiger partial charge in [-0.3, -0.25) is 4.79 Å². The topological polar surface area (TPSA) is 73.6 Å². The molecule has 5 nitrogen and oxygen atoms in total. The number of hydrogen-bond acceptors (Lipinski definition) is 4. The lowest BCUT2D eigenvalue weighted by Gasteiger charge is -2.11. The van der Waals surface area contributed by atoms with Crippen LogP contribution in [0.1, 0.15) is 15.9 Å². The van der Waals surface area contributed by atoms with Crippen LogP contribution in [0.5, 0.6) is 11.5 Å². The number of amides is 1. The van der Waals surface area contributed by atoms with Gasteiger partial charge < -0.3 is 20.5 Å². The summed E-state index contributed by atoms with van der Waals surface area (Å²) in [5, 5.41) is 3.31. The van der Waals surface area contributed by atoms with Crippen molar-refractivity contribution in [3.63, 3.8) is 0 Å². The van der Waals surface area contributed by atoms with Crippen molar-refractivity contribution in [1.29, 1.82) is 0 Å². The van der Waals surface area contributed by atoms with Crippen LogP contribution in [-0.4, -0.2) is 12.7 Å². The van der Waals surface area contributed by atoms with E-state index in [1.165, 1.54) is 0 Å². The minimum absolute atomic E-state index is 0.152. The van der Waals surface area contributed by atoms with Crippen molar-refractivity contribution >= 4 is 28.9 Å². The van der Waals surface area contributed by atoms with Crippen LogP contribution in [0.15, 0.2) is 30.3 Å². The molecular formula is C15H13ClN2O3. The van der Waals surface area contributed by atoms with Crippen LogP contribution in [0.2, 0.25) is 5.02 Å². The Labute approximate surface area is 126 Å². The van der Waals surface area contributed by atoms with Crippen molar-refractivity contribution in [3.05, 3.63) is 46.5 Å². The highest BCUT2D eigenvalue weighted by molar-refractivity contribution is 6.32. The zero-order chi connectivity index (χ0) is 15.0. The van der Waals surface area contributed by atoms with Crippen LogP contribution < -0.4 is 20.5 Å². The summed E-state index contributed by atoms with van der Waals surface area (Å²) in [5.74, 6) is 0.854. The Hall–Kier alpha value is -2.40. The van der Waals surface area contributed by atoms with E-state index in [4.69, 9.17) is 26.8 Å². The molecule has 1 aliphatic rings. The predicted molar refractivity (Wildman–Crippen MR) is 81.1 cm³/mol. The third-order valence-corrected chi connectivity index (χ3v) is 3.71. The molecule has 0 radical (unpaired) electrons. The fourth-order valence-corrected chi connectivity index (χ4v) is 2.28. The van der Waals surface area contributed by atoms with E-state index in [2.05, 4.69) is 5.32 Å². The van der Waals surface area contributed by atoms with Crippen molar-refractivity contribution in [2.45, 2.75) is 6.92 Å². The first-order valence-electron chi connectivity index (χ1n) is 6.32. The molecule has 6 heteroatoms. The van der Waals surface area contributed by atoms with Crippen LogP contribution in [0.4, 0.5) is 11.4 Å². The number of nitrogen functional groups attached to an aromatic ring is 1. The molecule has 3 rings (SSSR count). The number of benzene rings is 2. The maximum absolute atomic E-state index is 12.3. The first-order chi connectivity index (χ1) is 10.1. The number of carbonyl (C=O) groups excluding carboxylic acids is 1. The van der Waals surface area contributed by atoms with Gasteiger partial charge in [-0.1, -0.05) is 17.7 Å². The van der Waals surface area contributed by atoms with Gasteiger partial charge >= 0.3 is 0 Å². The molecule has 1 heterocycles. The molecule has 1 amide bonds. The lowest BCUT2D eigenvalue weighted by atomic mass is 10.1. The van der Waals surface area contributed by atoms with E-state index in [1.807, 2.05) is 0 Å². The van der Waals surface area contributed by atoms with Crippen molar-refractivity contribution in [2.24, 2.45) is 0 Å². The fraction of sp³-hybridized carbons (Fsp3) is 0.133. The summed E-state index contributed by atoms with van der Waals surface area (Å²) in [5.41, 5.74) is 8.01. The van der Waals surface area contributed by atoms with E-state index < -0.39 is 0 Å². The Balaban J connectivity index is 1.90. The smallest absolute Gasteiger partial charge is 0.256 e. The minimum atomic E-state index is -0.277. The minimum Gasteiger partial charge on any atom is -0.454 e. The molecule has 0 aliphatic carbocycles. The second kappa shape index (κ2) is 5.18.